The van der Waals surface area contributed by atoms with E-state index < -0.39 is 25.5 Å². The summed E-state index contributed by atoms with van der Waals surface area (Å²) >= 11 is 6.03. The van der Waals surface area contributed by atoms with Gasteiger partial charge in [-0.05, 0) is 42.0 Å². The molecule has 0 aliphatic heterocycles. The highest BCUT2D eigenvalue weighted by atomic mass is 35.5. The van der Waals surface area contributed by atoms with Crippen LogP contribution >= 0.6 is 19.2 Å². The number of halogens is 1. The van der Waals surface area contributed by atoms with Crippen LogP contribution in [-0.2, 0) is 36.3 Å². The Morgan fingerprint density at radius 1 is 1.12 bits per heavy atom. The fourth-order valence-corrected chi connectivity index (χ4v) is 4.98. The fraction of sp³-hybridized carbons (Fsp3) is 0.280. The molecule has 0 spiro atoms. The minimum Gasteiger partial charge on any atom is -0.497 e. The van der Waals surface area contributed by atoms with Gasteiger partial charge >= 0.3 is 13.6 Å². The Morgan fingerprint density at radius 3 is 2.65 bits per heavy atom. The zero-order chi connectivity index (χ0) is 28.5. The fourth-order valence-electron chi connectivity index (χ4n) is 3.48. The summed E-state index contributed by atoms with van der Waals surface area (Å²) in [6.45, 7) is 0.00102. The average molecular weight is 592 g/mol. The number of nitrogens with one attached hydrogen (secondary N) is 1. The van der Waals surface area contributed by atoms with E-state index in [1.54, 1.807) is 53.1 Å². The molecule has 4 rings (SSSR count). The highest BCUT2D eigenvalue weighted by Crippen LogP contribution is 2.49. The van der Waals surface area contributed by atoms with E-state index in [-0.39, 0.29) is 49.9 Å². The molecule has 1 atom stereocenters. The number of carbonyl (C=O) groups is 1. The number of ether oxygens (including phenoxy) is 3. The molecule has 0 saturated carbocycles. The smallest absolute Gasteiger partial charge is 0.356 e. The van der Waals surface area contributed by atoms with E-state index in [0.29, 0.717) is 22.1 Å². The number of fused-ring (bicyclic) bond motifs is 1. The van der Waals surface area contributed by atoms with E-state index in [2.05, 4.69) is 15.0 Å². The number of aromatic nitrogens is 4. The molecular weight excluding hydrogens is 565 g/mol. The van der Waals surface area contributed by atoms with Gasteiger partial charge in [0, 0.05) is 11.6 Å². The van der Waals surface area contributed by atoms with Crippen LogP contribution in [0.4, 0.5) is 5.95 Å². The second-order valence-electron chi connectivity index (χ2n) is 8.35. The number of nitrogens with two attached hydrogens (primary N) is 1. The predicted octanol–water partition coefficient (Wildman–Crippen LogP) is 3.76. The number of nitrogen functional groups attached to an aromatic ring is 1. The van der Waals surface area contributed by atoms with Crippen molar-refractivity contribution in [3.05, 3.63) is 75.8 Å². The molecule has 0 fully saturated rings. The van der Waals surface area contributed by atoms with Gasteiger partial charge in [0.1, 0.15) is 17.8 Å². The lowest BCUT2D eigenvalue weighted by molar-refractivity contribution is -0.134. The number of hydrogen-bond acceptors (Lipinski definition) is 11. The first-order valence-corrected chi connectivity index (χ1v) is 14.1. The molecular formula is C25H27ClN5O8P. The molecule has 212 valence electrons. The summed E-state index contributed by atoms with van der Waals surface area (Å²) in [4.78, 5) is 34.7. The van der Waals surface area contributed by atoms with E-state index in [9.17, 15) is 14.2 Å². The lowest BCUT2D eigenvalue weighted by atomic mass is 10.2. The van der Waals surface area contributed by atoms with Crippen LogP contribution in [-0.4, -0.2) is 52.2 Å². The molecule has 0 bridgehead atoms. The Labute approximate surface area is 233 Å². The Balaban J connectivity index is 1.33. The van der Waals surface area contributed by atoms with Crippen LogP contribution in [0.5, 0.6) is 11.5 Å². The third-order valence-corrected chi connectivity index (χ3v) is 7.25. The molecule has 13 nitrogen and oxygen atoms in total. The Kier molecular flexibility index (Phi) is 9.91. The number of esters is 1. The molecule has 0 aliphatic rings. The number of nitrogens with zero attached hydrogens (tertiary/aromatic N) is 3. The molecule has 0 aliphatic carbocycles. The first-order valence-electron chi connectivity index (χ1n) is 12.0. The highest BCUT2D eigenvalue weighted by molar-refractivity contribution is 7.53. The summed E-state index contributed by atoms with van der Waals surface area (Å²) in [5.74, 6) is 0.329. The maximum absolute atomic E-state index is 13.5. The molecule has 4 aromatic rings. The molecule has 40 heavy (non-hydrogen) atoms. The zero-order valence-electron chi connectivity index (χ0n) is 21.4. The minimum absolute atomic E-state index is 0.0435. The van der Waals surface area contributed by atoms with Gasteiger partial charge in [0.15, 0.2) is 11.2 Å². The van der Waals surface area contributed by atoms with Crippen LogP contribution in [0.15, 0.2) is 59.7 Å². The Morgan fingerprint density at radius 2 is 1.90 bits per heavy atom. The molecule has 2 aromatic carbocycles. The minimum atomic E-state index is -3.82. The first kappa shape index (κ1) is 29.2. The van der Waals surface area contributed by atoms with Crippen LogP contribution in [0.25, 0.3) is 11.2 Å². The summed E-state index contributed by atoms with van der Waals surface area (Å²) in [6, 6.07) is 13.4. The third-order valence-electron chi connectivity index (χ3n) is 5.42. The lowest BCUT2D eigenvalue weighted by Gasteiger charge is -2.19. The van der Waals surface area contributed by atoms with Crippen molar-refractivity contribution >= 4 is 42.3 Å². The van der Waals surface area contributed by atoms with E-state index >= 15 is 0 Å². The number of imidazole rings is 1. The number of benzene rings is 2. The lowest BCUT2D eigenvalue weighted by Crippen LogP contribution is -2.14. The van der Waals surface area contributed by atoms with Gasteiger partial charge in [-0.1, -0.05) is 23.7 Å². The molecule has 2 aromatic heterocycles. The Hall–Kier alpha value is -3.74. The van der Waals surface area contributed by atoms with Crippen LogP contribution in [0, 0.1) is 0 Å². The second-order valence-corrected chi connectivity index (χ2v) is 10.8. The van der Waals surface area contributed by atoms with Crippen LogP contribution < -0.4 is 20.8 Å². The molecule has 15 heteroatoms. The van der Waals surface area contributed by atoms with Gasteiger partial charge < -0.3 is 33.6 Å². The standard InChI is InChI=1S/C25H27ClN5O8P/c1-35-19-5-7-20(8-6-19)39-21(32)9-11-37-40(34,38-14-17-3-2-4-18(26)13-17)16-36-12-10-31-15-28-22-23(31)29-25(27)30-24(22)33/h2-8,13,15H,9-12,14,16H2,1H3,(H3,27,29,30,33). The van der Waals surface area contributed by atoms with E-state index in [1.165, 1.54) is 13.4 Å². The van der Waals surface area contributed by atoms with Crippen molar-refractivity contribution in [2.45, 2.75) is 19.6 Å². The van der Waals surface area contributed by atoms with E-state index in [4.69, 9.17) is 40.6 Å². The average Bonchev–Trinajstić information content (AvgIpc) is 3.33. The zero-order valence-corrected chi connectivity index (χ0v) is 23.1. The molecule has 0 radical (unpaired) electrons. The maximum atomic E-state index is 13.5. The van der Waals surface area contributed by atoms with Gasteiger partial charge in [0.2, 0.25) is 5.95 Å². The third kappa shape index (κ3) is 8.13. The van der Waals surface area contributed by atoms with Crippen molar-refractivity contribution in [2.24, 2.45) is 0 Å². The van der Waals surface area contributed by atoms with Crippen LogP contribution in [0.3, 0.4) is 0 Å². The largest absolute Gasteiger partial charge is 0.497 e. The number of methoxy groups -OCH3 is 1. The number of carbonyl (C=O) groups excluding carboxylic acids is 1. The van der Waals surface area contributed by atoms with Gasteiger partial charge in [-0.15, -0.1) is 0 Å². The summed E-state index contributed by atoms with van der Waals surface area (Å²) in [5.41, 5.74) is 6.26. The highest BCUT2D eigenvalue weighted by Gasteiger charge is 2.26. The van der Waals surface area contributed by atoms with Crippen molar-refractivity contribution in [1.29, 1.82) is 0 Å². The van der Waals surface area contributed by atoms with Gasteiger partial charge in [0.05, 0.1) is 39.7 Å². The van der Waals surface area contributed by atoms with Crippen molar-refractivity contribution < 1.29 is 32.6 Å². The van der Waals surface area contributed by atoms with E-state index in [0.717, 1.165) is 0 Å². The van der Waals surface area contributed by atoms with Crippen LogP contribution in [0.2, 0.25) is 5.02 Å². The number of rotatable bonds is 14. The maximum Gasteiger partial charge on any atom is 0.356 e. The van der Waals surface area contributed by atoms with Gasteiger partial charge in [-0.25, -0.2) is 4.98 Å². The van der Waals surface area contributed by atoms with Crippen molar-refractivity contribution in [3.63, 3.8) is 0 Å². The number of anilines is 1. The summed E-state index contributed by atoms with van der Waals surface area (Å²) in [6.07, 6.45) is 0.846. The number of H-pyrrole nitrogens is 1. The van der Waals surface area contributed by atoms with E-state index in [1.807, 2.05) is 0 Å². The molecule has 0 saturated heterocycles. The normalized spacial score (nSPS) is 12.8. The molecule has 0 amide bonds. The predicted molar refractivity (Wildman–Crippen MR) is 146 cm³/mol. The number of aromatic amines is 1. The summed E-state index contributed by atoms with van der Waals surface area (Å²) < 4.78 is 42.2. The number of hydrogen-bond donors (Lipinski definition) is 2. The van der Waals surface area contributed by atoms with Crippen molar-refractivity contribution in [2.75, 3.05) is 32.4 Å². The molecule has 1 unspecified atom stereocenters. The molecule has 2 heterocycles. The van der Waals surface area contributed by atoms with Crippen molar-refractivity contribution in [1.82, 2.24) is 19.5 Å². The SMILES string of the molecule is COc1ccc(OC(=O)CCOP(=O)(COCCn2cnc3c(=O)[nH]c(N)nc32)OCc2cccc(Cl)c2)cc1. The van der Waals surface area contributed by atoms with Gasteiger partial charge in [-0.3, -0.25) is 19.1 Å². The van der Waals surface area contributed by atoms with Crippen LogP contribution in [0.1, 0.15) is 12.0 Å². The Bertz CT molecular complexity index is 1560. The van der Waals surface area contributed by atoms with Crippen molar-refractivity contribution in [3.8, 4) is 11.5 Å². The summed E-state index contributed by atoms with van der Waals surface area (Å²) in [5, 5.41) is 0.495. The second kappa shape index (κ2) is 13.6. The van der Waals surface area contributed by atoms with Gasteiger partial charge in [0.25, 0.3) is 5.56 Å². The van der Waals surface area contributed by atoms with Gasteiger partial charge in [-0.2, -0.15) is 4.98 Å². The summed E-state index contributed by atoms with van der Waals surface area (Å²) in [7, 11) is -2.29. The first-order chi connectivity index (χ1) is 19.2. The monoisotopic (exact) mass is 591 g/mol. The quantitative estimate of drug-likeness (QED) is 0.0947. The topological polar surface area (TPSA) is 170 Å². The molecule has 3 N–H and O–H groups in total.